The molecule has 246 valence electrons. The van der Waals surface area contributed by atoms with E-state index in [1.54, 1.807) is 62.7 Å². The Kier molecular flexibility index (Phi) is 8.29. The van der Waals surface area contributed by atoms with Gasteiger partial charge in [-0.05, 0) is 93.1 Å². The van der Waals surface area contributed by atoms with E-state index in [9.17, 15) is 27.5 Å². The van der Waals surface area contributed by atoms with Crippen molar-refractivity contribution in [1.82, 2.24) is 24.6 Å². The van der Waals surface area contributed by atoms with Crippen molar-refractivity contribution in [1.29, 1.82) is 0 Å². The third-order valence-corrected chi connectivity index (χ3v) is 8.03. The van der Waals surface area contributed by atoms with Crippen LogP contribution < -0.4 is 0 Å². The number of hydrogen-bond acceptors (Lipinski definition) is 7. The molecule has 0 radical (unpaired) electrons. The zero-order chi connectivity index (χ0) is 33.7. The van der Waals surface area contributed by atoms with E-state index >= 15 is 0 Å². The Bertz CT molecular complexity index is 1950. The molecule has 3 aromatic carbocycles. The number of oxazole rings is 1. The highest BCUT2D eigenvalue weighted by atomic mass is 19.4. The third-order valence-electron chi connectivity index (χ3n) is 8.03. The Balaban J connectivity index is 1.41. The molecule has 0 saturated heterocycles. The van der Waals surface area contributed by atoms with Crippen LogP contribution in [0.3, 0.4) is 0 Å². The number of alkyl halides is 3. The first-order chi connectivity index (χ1) is 22.2. The van der Waals surface area contributed by atoms with Gasteiger partial charge in [0.05, 0.1) is 12.1 Å². The van der Waals surface area contributed by atoms with Crippen molar-refractivity contribution in [3.05, 3.63) is 77.9 Å². The topological polar surface area (TPSA) is 107 Å². The minimum absolute atomic E-state index is 0.0482. The highest BCUT2D eigenvalue weighted by molar-refractivity contribution is 5.84. The SMILES string of the molecule is Cn1cnnc1-c1cc(F)ccc1-c1cccc(-c2nc3cc(CN(C(=O)OC(C)(C)C)[C@@H]4CCC[C@@H]4O)cc(C(F)(F)F)c3o2)c1. The molecule has 13 heteroatoms. The summed E-state index contributed by atoms with van der Waals surface area (Å²) in [5, 5.41) is 18.6. The maximum absolute atomic E-state index is 14.4. The fraction of sp³-hybridized carbons (Fsp3) is 0.353. The van der Waals surface area contributed by atoms with Crippen molar-refractivity contribution in [2.24, 2.45) is 7.05 Å². The number of aliphatic hydroxyl groups excluding tert-OH is 1. The predicted octanol–water partition coefficient (Wildman–Crippen LogP) is 7.77. The second-order valence-corrected chi connectivity index (χ2v) is 12.7. The van der Waals surface area contributed by atoms with Gasteiger partial charge < -0.3 is 18.8 Å². The lowest BCUT2D eigenvalue weighted by Crippen LogP contribution is -2.46. The number of rotatable bonds is 6. The van der Waals surface area contributed by atoms with Crippen molar-refractivity contribution < 1.29 is 36.6 Å². The summed E-state index contributed by atoms with van der Waals surface area (Å²) in [6, 6.07) is 12.9. The highest BCUT2D eigenvalue weighted by Crippen LogP contribution is 2.40. The van der Waals surface area contributed by atoms with Crippen LogP contribution in [0.2, 0.25) is 0 Å². The molecular formula is C34H33F4N5O4. The molecule has 2 heterocycles. The smallest absolute Gasteiger partial charge is 0.420 e. The van der Waals surface area contributed by atoms with Crippen LogP contribution in [0.1, 0.15) is 51.2 Å². The molecule has 1 saturated carbocycles. The van der Waals surface area contributed by atoms with Crippen molar-refractivity contribution in [2.75, 3.05) is 0 Å². The van der Waals surface area contributed by atoms with E-state index < -0.39 is 47.0 Å². The van der Waals surface area contributed by atoms with E-state index in [4.69, 9.17) is 9.15 Å². The first-order valence-electron chi connectivity index (χ1n) is 15.1. The lowest BCUT2D eigenvalue weighted by atomic mass is 9.97. The molecule has 1 aliphatic carbocycles. The molecule has 0 unspecified atom stereocenters. The molecule has 2 atom stereocenters. The fourth-order valence-electron chi connectivity index (χ4n) is 5.94. The minimum Gasteiger partial charge on any atom is -0.444 e. The Morgan fingerprint density at radius 3 is 2.49 bits per heavy atom. The number of fused-ring (bicyclic) bond motifs is 1. The van der Waals surface area contributed by atoms with Gasteiger partial charge in [0, 0.05) is 24.7 Å². The molecule has 2 aromatic heterocycles. The summed E-state index contributed by atoms with van der Waals surface area (Å²) in [6.07, 6.45) is -3.22. The maximum Gasteiger partial charge on any atom is 0.420 e. The van der Waals surface area contributed by atoms with Crippen LogP contribution in [0.15, 0.2) is 65.3 Å². The highest BCUT2D eigenvalue weighted by Gasteiger charge is 2.38. The molecule has 1 N–H and O–H groups in total. The van der Waals surface area contributed by atoms with Gasteiger partial charge in [0.15, 0.2) is 11.4 Å². The molecule has 0 spiro atoms. The van der Waals surface area contributed by atoms with Crippen LogP contribution >= 0.6 is 0 Å². The van der Waals surface area contributed by atoms with Gasteiger partial charge in [-0.25, -0.2) is 14.2 Å². The molecule has 5 aromatic rings. The van der Waals surface area contributed by atoms with Gasteiger partial charge >= 0.3 is 12.3 Å². The zero-order valence-electron chi connectivity index (χ0n) is 26.2. The van der Waals surface area contributed by atoms with Crippen molar-refractivity contribution in [3.8, 4) is 34.0 Å². The van der Waals surface area contributed by atoms with Crippen LogP contribution in [0.25, 0.3) is 45.1 Å². The number of carbonyl (C=O) groups excluding carboxylic acids is 1. The Morgan fingerprint density at radius 1 is 1.06 bits per heavy atom. The van der Waals surface area contributed by atoms with E-state index in [0.29, 0.717) is 47.3 Å². The predicted molar refractivity (Wildman–Crippen MR) is 165 cm³/mol. The van der Waals surface area contributed by atoms with Gasteiger partial charge in [0.25, 0.3) is 0 Å². The van der Waals surface area contributed by atoms with Crippen molar-refractivity contribution in [2.45, 2.75) is 70.5 Å². The first kappa shape index (κ1) is 32.2. The molecule has 0 aliphatic heterocycles. The number of aromatic nitrogens is 4. The maximum atomic E-state index is 14.4. The summed E-state index contributed by atoms with van der Waals surface area (Å²) in [5.74, 6) is -0.0910. The summed E-state index contributed by atoms with van der Waals surface area (Å²) in [4.78, 5) is 19.0. The standard InChI is InChI=1S/C34H33F4N5O4/c1-33(2,3)47-32(45)43(27-9-6-10-28(27)44)17-19-13-25(34(36,37)38)29-26(14-19)40-31(46-29)21-8-5-7-20(15-21)23-12-11-22(35)16-24(23)30-41-39-18-42(30)4/h5,7-8,11-16,18,27-28,44H,6,9-10,17H2,1-4H3/t27-,28+/m1/s1. The van der Waals surface area contributed by atoms with Crippen LogP contribution in [0.4, 0.5) is 22.4 Å². The number of hydrogen-bond donors (Lipinski definition) is 1. The van der Waals surface area contributed by atoms with E-state index in [2.05, 4.69) is 15.2 Å². The number of nitrogens with zero attached hydrogens (tertiary/aromatic N) is 5. The van der Waals surface area contributed by atoms with Gasteiger partial charge in [0.2, 0.25) is 5.89 Å². The first-order valence-corrected chi connectivity index (χ1v) is 15.1. The molecule has 1 fully saturated rings. The summed E-state index contributed by atoms with van der Waals surface area (Å²) in [7, 11) is 1.73. The molecule has 6 rings (SSSR count). The van der Waals surface area contributed by atoms with Gasteiger partial charge in [-0.15, -0.1) is 10.2 Å². The van der Waals surface area contributed by atoms with Crippen LogP contribution in [0, 0.1) is 5.82 Å². The summed E-state index contributed by atoms with van der Waals surface area (Å²) in [6.45, 7) is 4.85. The minimum atomic E-state index is -4.80. The van der Waals surface area contributed by atoms with Crippen molar-refractivity contribution in [3.63, 3.8) is 0 Å². The van der Waals surface area contributed by atoms with E-state index in [1.807, 2.05) is 0 Å². The molecule has 1 aliphatic rings. The summed E-state index contributed by atoms with van der Waals surface area (Å²) < 4.78 is 70.6. The van der Waals surface area contributed by atoms with Crippen molar-refractivity contribution >= 4 is 17.2 Å². The second-order valence-electron chi connectivity index (χ2n) is 12.7. The molecule has 1 amide bonds. The van der Waals surface area contributed by atoms with E-state index in [-0.39, 0.29) is 23.5 Å². The lowest BCUT2D eigenvalue weighted by Gasteiger charge is -2.33. The normalized spacial score (nSPS) is 17.0. The van der Waals surface area contributed by atoms with E-state index in [0.717, 1.165) is 6.07 Å². The third kappa shape index (κ3) is 6.71. The van der Waals surface area contributed by atoms with Gasteiger partial charge in [-0.1, -0.05) is 18.2 Å². The number of halogens is 4. The number of benzene rings is 3. The summed E-state index contributed by atoms with van der Waals surface area (Å²) >= 11 is 0. The number of carbonyl (C=O) groups is 1. The summed E-state index contributed by atoms with van der Waals surface area (Å²) in [5.41, 5.74) is -0.115. The number of amides is 1. The molecule has 0 bridgehead atoms. The largest absolute Gasteiger partial charge is 0.444 e. The lowest BCUT2D eigenvalue weighted by molar-refractivity contribution is -0.136. The fourth-order valence-corrected chi connectivity index (χ4v) is 5.94. The average Bonchev–Trinajstić information content (AvgIpc) is 3.73. The van der Waals surface area contributed by atoms with Crippen LogP contribution in [-0.2, 0) is 24.5 Å². The quantitative estimate of drug-likeness (QED) is 0.187. The number of ether oxygens (including phenoxy) is 1. The number of aliphatic hydroxyl groups is 1. The van der Waals surface area contributed by atoms with Crippen LogP contribution in [-0.4, -0.2) is 53.6 Å². The Labute approximate surface area is 267 Å². The molecule has 9 nitrogen and oxygen atoms in total. The average molecular weight is 652 g/mol. The Hall–Kier alpha value is -4.78. The van der Waals surface area contributed by atoms with Gasteiger partial charge in [-0.2, -0.15) is 13.2 Å². The van der Waals surface area contributed by atoms with Crippen LogP contribution in [0.5, 0.6) is 0 Å². The second kappa shape index (κ2) is 12.1. The molecule has 47 heavy (non-hydrogen) atoms. The Morgan fingerprint density at radius 2 is 1.83 bits per heavy atom. The van der Waals surface area contributed by atoms with Gasteiger partial charge in [0.1, 0.15) is 28.8 Å². The zero-order valence-corrected chi connectivity index (χ0v) is 26.2. The number of aryl methyl sites for hydroxylation is 1. The van der Waals surface area contributed by atoms with Gasteiger partial charge in [-0.3, -0.25) is 4.90 Å². The van der Waals surface area contributed by atoms with E-state index in [1.165, 1.54) is 29.4 Å². The monoisotopic (exact) mass is 651 g/mol. The molecular weight excluding hydrogens is 618 g/mol.